The van der Waals surface area contributed by atoms with Crippen molar-refractivity contribution in [3.8, 4) is 11.1 Å². The van der Waals surface area contributed by atoms with Crippen molar-refractivity contribution in [3.63, 3.8) is 0 Å². The molecule has 0 unspecified atom stereocenters. The van der Waals surface area contributed by atoms with E-state index in [2.05, 4.69) is 18.7 Å². The Bertz CT molecular complexity index is 1170. The molecule has 2 aliphatic rings. The summed E-state index contributed by atoms with van der Waals surface area (Å²) in [5.41, 5.74) is 2.81. The second-order valence-corrected chi connectivity index (χ2v) is 9.88. The molecule has 2 heterocycles. The maximum absolute atomic E-state index is 13.7. The molecule has 1 saturated heterocycles. The van der Waals surface area contributed by atoms with Gasteiger partial charge in [0.2, 0.25) is 0 Å². The van der Waals surface area contributed by atoms with E-state index < -0.39 is 0 Å². The first-order chi connectivity index (χ1) is 15.0. The Hall–Kier alpha value is -2.17. The van der Waals surface area contributed by atoms with Gasteiger partial charge in [0.25, 0.3) is 5.56 Å². The van der Waals surface area contributed by atoms with Crippen LogP contribution in [0.5, 0.6) is 0 Å². The van der Waals surface area contributed by atoms with E-state index in [1.165, 1.54) is 12.8 Å². The largest absolute Gasteiger partial charge is 0.301 e. The van der Waals surface area contributed by atoms with Gasteiger partial charge in [-0.2, -0.15) is 0 Å². The Morgan fingerprint density at radius 3 is 2.68 bits per heavy atom. The molecule has 4 nitrogen and oxygen atoms in total. The summed E-state index contributed by atoms with van der Waals surface area (Å²) in [6.07, 6.45) is 4.66. The van der Waals surface area contributed by atoms with E-state index in [1.54, 1.807) is 0 Å². The highest BCUT2D eigenvalue weighted by atomic mass is 35.5. The number of rotatable bonds is 5. The van der Waals surface area contributed by atoms with Gasteiger partial charge in [-0.25, -0.2) is 4.98 Å². The molecule has 1 atom stereocenters. The number of hydrogen-bond acceptors (Lipinski definition) is 3. The van der Waals surface area contributed by atoms with E-state index in [4.69, 9.17) is 16.6 Å². The van der Waals surface area contributed by atoms with Gasteiger partial charge in [-0.1, -0.05) is 35.9 Å². The lowest BCUT2D eigenvalue weighted by molar-refractivity contribution is 0.129. The van der Waals surface area contributed by atoms with Crippen molar-refractivity contribution in [2.24, 2.45) is 5.92 Å². The average molecular weight is 436 g/mol. The highest BCUT2D eigenvalue weighted by Gasteiger charge is 2.31. The van der Waals surface area contributed by atoms with Crippen molar-refractivity contribution in [2.75, 3.05) is 13.1 Å². The third kappa shape index (κ3) is 4.16. The number of piperidine rings is 1. The highest BCUT2D eigenvalue weighted by Crippen LogP contribution is 2.39. The Kier molecular flexibility index (Phi) is 5.61. The minimum Gasteiger partial charge on any atom is -0.301 e. The van der Waals surface area contributed by atoms with E-state index in [-0.39, 0.29) is 5.56 Å². The van der Waals surface area contributed by atoms with Crippen molar-refractivity contribution in [1.82, 2.24) is 14.5 Å². The smallest absolute Gasteiger partial charge is 0.261 e. The summed E-state index contributed by atoms with van der Waals surface area (Å²) < 4.78 is 2.00. The molecular formula is C26H30ClN3O. The number of nitrogens with zero attached hydrogens (tertiary/aromatic N) is 3. The van der Waals surface area contributed by atoms with Crippen molar-refractivity contribution in [3.05, 3.63) is 63.7 Å². The minimum absolute atomic E-state index is 0.0995. The average Bonchev–Trinajstić information content (AvgIpc) is 3.61. The molecule has 1 aliphatic heterocycles. The second-order valence-electron chi connectivity index (χ2n) is 9.47. The molecule has 31 heavy (non-hydrogen) atoms. The van der Waals surface area contributed by atoms with Gasteiger partial charge >= 0.3 is 0 Å². The molecule has 0 spiro atoms. The standard InChI is InChI=1S/C26H30ClN3O/c1-17(2)29-13-5-6-18(15-29)16-30-25(19-9-10-19)28-24-12-11-20(14-22(24)26(30)31)21-7-3-4-8-23(21)27/h3-4,7-8,11-12,14,17-19H,5-6,9-10,13,15-16H2,1-2H3/t18-/m0/s1. The zero-order valence-corrected chi connectivity index (χ0v) is 19.1. The minimum atomic E-state index is 0.0995. The molecule has 0 radical (unpaired) electrons. The van der Waals surface area contributed by atoms with Crippen molar-refractivity contribution in [2.45, 2.75) is 58.0 Å². The van der Waals surface area contributed by atoms with Crippen molar-refractivity contribution < 1.29 is 0 Å². The number of likely N-dealkylation sites (tertiary alicyclic amines) is 1. The normalized spacial score (nSPS) is 19.9. The van der Waals surface area contributed by atoms with Crippen LogP contribution in [-0.2, 0) is 6.54 Å². The van der Waals surface area contributed by atoms with Crippen molar-refractivity contribution in [1.29, 1.82) is 0 Å². The van der Waals surface area contributed by atoms with Gasteiger partial charge < -0.3 is 4.90 Å². The molecule has 3 aromatic rings. The summed E-state index contributed by atoms with van der Waals surface area (Å²) in [4.78, 5) is 21.2. The Morgan fingerprint density at radius 2 is 1.94 bits per heavy atom. The predicted molar refractivity (Wildman–Crippen MR) is 128 cm³/mol. The fourth-order valence-electron chi connectivity index (χ4n) is 4.90. The van der Waals surface area contributed by atoms with Gasteiger partial charge in [-0.05, 0) is 75.8 Å². The molecule has 0 bridgehead atoms. The van der Waals surface area contributed by atoms with Crippen LogP contribution in [-0.4, -0.2) is 33.6 Å². The number of halogens is 1. The van der Waals surface area contributed by atoms with E-state index in [1.807, 2.05) is 47.0 Å². The first kappa shape index (κ1) is 20.7. The summed E-state index contributed by atoms with van der Waals surface area (Å²) in [6, 6.07) is 14.3. The van der Waals surface area contributed by atoms with E-state index in [0.717, 1.165) is 54.9 Å². The van der Waals surface area contributed by atoms with Gasteiger partial charge in [-0.3, -0.25) is 9.36 Å². The van der Waals surface area contributed by atoms with Crippen LogP contribution in [0.2, 0.25) is 5.02 Å². The molecule has 5 heteroatoms. The molecule has 5 rings (SSSR count). The predicted octanol–water partition coefficient (Wildman–Crippen LogP) is 5.71. The molecule has 1 aromatic heterocycles. The summed E-state index contributed by atoms with van der Waals surface area (Å²) in [5, 5.41) is 1.39. The Labute approximate surface area is 188 Å². The molecule has 2 fully saturated rings. The fourth-order valence-corrected chi connectivity index (χ4v) is 5.15. The third-order valence-corrected chi connectivity index (χ3v) is 7.16. The fraction of sp³-hybridized carbons (Fsp3) is 0.462. The Balaban J connectivity index is 1.56. The van der Waals surface area contributed by atoms with Crippen LogP contribution in [0.15, 0.2) is 47.3 Å². The topological polar surface area (TPSA) is 38.1 Å². The zero-order chi connectivity index (χ0) is 21.5. The van der Waals surface area contributed by atoms with Crippen LogP contribution < -0.4 is 5.56 Å². The van der Waals surface area contributed by atoms with E-state index in [0.29, 0.717) is 28.3 Å². The zero-order valence-electron chi connectivity index (χ0n) is 18.4. The first-order valence-corrected chi connectivity index (χ1v) is 11.9. The second kappa shape index (κ2) is 8.40. The maximum atomic E-state index is 13.7. The first-order valence-electron chi connectivity index (χ1n) is 11.5. The van der Waals surface area contributed by atoms with Crippen LogP contribution in [0.25, 0.3) is 22.0 Å². The molecule has 162 valence electrons. The lowest BCUT2D eigenvalue weighted by Gasteiger charge is -2.35. The summed E-state index contributed by atoms with van der Waals surface area (Å²) in [7, 11) is 0. The van der Waals surface area contributed by atoms with Crippen LogP contribution in [0.1, 0.15) is 51.3 Å². The molecular weight excluding hydrogens is 406 g/mol. The van der Waals surface area contributed by atoms with Gasteiger partial charge in [0, 0.05) is 35.6 Å². The number of hydrogen-bond donors (Lipinski definition) is 0. The highest BCUT2D eigenvalue weighted by molar-refractivity contribution is 6.33. The maximum Gasteiger partial charge on any atom is 0.261 e. The monoisotopic (exact) mass is 435 g/mol. The van der Waals surface area contributed by atoms with Crippen molar-refractivity contribution >= 4 is 22.5 Å². The van der Waals surface area contributed by atoms with Crippen LogP contribution in [0, 0.1) is 5.92 Å². The quantitative estimate of drug-likeness (QED) is 0.514. The van der Waals surface area contributed by atoms with Crippen LogP contribution >= 0.6 is 11.6 Å². The number of aromatic nitrogens is 2. The third-order valence-electron chi connectivity index (χ3n) is 6.83. The van der Waals surface area contributed by atoms with Gasteiger partial charge in [0.15, 0.2) is 0 Å². The molecule has 1 saturated carbocycles. The van der Waals surface area contributed by atoms with Gasteiger partial charge in [0.05, 0.1) is 10.9 Å². The SMILES string of the molecule is CC(C)N1CCC[C@H](Cn2c(C3CC3)nc3ccc(-c4ccccc4Cl)cc3c2=O)C1. The molecule has 1 aliphatic carbocycles. The molecule has 0 amide bonds. The summed E-state index contributed by atoms with van der Waals surface area (Å²) >= 11 is 6.42. The summed E-state index contributed by atoms with van der Waals surface area (Å²) in [6.45, 7) is 7.52. The summed E-state index contributed by atoms with van der Waals surface area (Å²) in [5.74, 6) is 1.92. The number of benzene rings is 2. The number of fused-ring (bicyclic) bond motifs is 1. The lowest BCUT2D eigenvalue weighted by atomic mass is 9.96. The Morgan fingerprint density at radius 1 is 1.13 bits per heavy atom. The molecule has 0 N–H and O–H groups in total. The van der Waals surface area contributed by atoms with Crippen LogP contribution in [0.4, 0.5) is 0 Å². The lowest BCUT2D eigenvalue weighted by Crippen LogP contribution is -2.42. The van der Waals surface area contributed by atoms with E-state index in [9.17, 15) is 4.79 Å². The van der Waals surface area contributed by atoms with Crippen LogP contribution in [0.3, 0.4) is 0 Å². The van der Waals surface area contributed by atoms with Gasteiger partial charge in [-0.15, -0.1) is 0 Å². The van der Waals surface area contributed by atoms with E-state index >= 15 is 0 Å². The van der Waals surface area contributed by atoms with Gasteiger partial charge in [0.1, 0.15) is 5.82 Å². The molecule has 2 aromatic carbocycles.